The van der Waals surface area contributed by atoms with Gasteiger partial charge in [-0.1, -0.05) is 6.07 Å². The summed E-state index contributed by atoms with van der Waals surface area (Å²) in [6.07, 6.45) is 3.62. The van der Waals surface area contributed by atoms with Crippen molar-refractivity contribution in [3.63, 3.8) is 0 Å². The van der Waals surface area contributed by atoms with E-state index in [9.17, 15) is 0 Å². The Morgan fingerprint density at radius 3 is 2.67 bits per heavy atom. The Bertz CT molecular complexity index is 544. The fourth-order valence-corrected chi connectivity index (χ4v) is 2.70. The highest BCUT2D eigenvalue weighted by molar-refractivity contribution is 9.11. The molecule has 0 spiro atoms. The molecule has 0 saturated carbocycles. The van der Waals surface area contributed by atoms with Crippen LogP contribution in [0.25, 0.3) is 0 Å². The van der Waals surface area contributed by atoms with E-state index in [0.717, 1.165) is 26.9 Å². The van der Waals surface area contributed by atoms with E-state index in [2.05, 4.69) is 60.1 Å². The van der Waals surface area contributed by atoms with Crippen LogP contribution in [0.15, 0.2) is 39.5 Å². The van der Waals surface area contributed by atoms with E-state index in [-0.39, 0.29) is 0 Å². The van der Waals surface area contributed by atoms with Crippen LogP contribution >= 0.6 is 31.9 Å². The lowest BCUT2D eigenvalue weighted by Crippen LogP contribution is -2.15. The second kappa shape index (κ2) is 6.41. The number of hydrogen-bond donors (Lipinski definition) is 1. The van der Waals surface area contributed by atoms with Gasteiger partial charge < -0.3 is 5.32 Å². The molecule has 18 heavy (non-hydrogen) atoms. The maximum Gasteiger partial charge on any atom is 0.0684 e. The minimum Gasteiger partial charge on any atom is -0.305 e. The van der Waals surface area contributed by atoms with E-state index < -0.39 is 0 Å². The Morgan fingerprint density at radius 2 is 1.94 bits per heavy atom. The quantitative estimate of drug-likeness (QED) is 0.893. The summed E-state index contributed by atoms with van der Waals surface area (Å²) in [4.78, 5) is 8.70. The number of aryl methyl sites for hydroxylation is 1. The molecule has 0 saturated heterocycles. The Balaban J connectivity index is 1.95. The zero-order valence-corrected chi connectivity index (χ0v) is 13.1. The molecule has 0 aliphatic rings. The third-order valence-electron chi connectivity index (χ3n) is 2.59. The summed E-state index contributed by atoms with van der Waals surface area (Å²) in [5.41, 5.74) is 3.27. The molecule has 0 radical (unpaired) electrons. The number of pyridine rings is 2. The van der Waals surface area contributed by atoms with Gasteiger partial charge in [-0.3, -0.25) is 9.97 Å². The molecule has 0 bridgehead atoms. The number of hydrogen-bond acceptors (Lipinski definition) is 3. The van der Waals surface area contributed by atoms with E-state index in [0.29, 0.717) is 6.54 Å². The van der Waals surface area contributed by atoms with Crippen molar-refractivity contribution in [2.45, 2.75) is 20.0 Å². The SMILES string of the molecule is Cc1cccnc1CNCc1ncc(Br)cc1Br. The van der Waals surface area contributed by atoms with Crippen LogP contribution in [0, 0.1) is 6.92 Å². The van der Waals surface area contributed by atoms with E-state index in [4.69, 9.17) is 0 Å². The van der Waals surface area contributed by atoms with Crippen molar-refractivity contribution in [2.75, 3.05) is 0 Å². The first-order chi connectivity index (χ1) is 8.66. The van der Waals surface area contributed by atoms with Gasteiger partial charge in [-0.15, -0.1) is 0 Å². The first kappa shape index (κ1) is 13.6. The number of nitrogens with one attached hydrogen (secondary N) is 1. The van der Waals surface area contributed by atoms with Crippen molar-refractivity contribution in [3.8, 4) is 0 Å². The van der Waals surface area contributed by atoms with Gasteiger partial charge in [-0.05, 0) is 56.5 Å². The van der Waals surface area contributed by atoms with Crippen molar-refractivity contribution < 1.29 is 0 Å². The maximum atomic E-state index is 4.35. The fraction of sp³-hybridized carbons (Fsp3) is 0.231. The molecule has 2 aromatic heterocycles. The van der Waals surface area contributed by atoms with E-state index in [1.165, 1.54) is 5.56 Å². The molecule has 2 aromatic rings. The minimum atomic E-state index is 0.712. The molecule has 0 aromatic carbocycles. The molecule has 2 heterocycles. The third-order valence-corrected chi connectivity index (χ3v) is 3.71. The van der Waals surface area contributed by atoms with Crippen LogP contribution in [0.4, 0.5) is 0 Å². The summed E-state index contributed by atoms with van der Waals surface area (Å²) in [7, 11) is 0. The first-order valence-electron chi connectivity index (χ1n) is 5.58. The normalized spacial score (nSPS) is 10.6. The largest absolute Gasteiger partial charge is 0.305 e. The first-order valence-corrected chi connectivity index (χ1v) is 7.16. The number of aromatic nitrogens is 2. The highest BCUT2D eigenvalue weighted by Crippen LogP contribution is 2.19. The van der Waals surface area contributed by atoms with Gasteiger partial charge in [-0.2, -0.15) is 0 Å². The van der Waals surface area contributed by atoms with Gasteiger partial charge in [0.25, 0.3) is 0 Å². The van der Waals surface area contributed by atoms with Crippen LogP contribution in [0.2, 0.25) is 0 Å². The van der Waals surface area contributed by atoms with Gasteiger partial charge in [0, 0.05) is 34.4 Å². The van der Waals surface area contributed by atoms with Crippen molar-refractivity contribution >= 4 is 31.9 Å². The Morgan fingerprint density at radius 1 is 1.17 bits per heavy atom. The van der Waals surface area contributed by atoms with Gasteiger partial charge in [0.05, 0.1) is 11.4 Å². The van der Waals surface area contributed by atoms with Crippen LogP contribution in [0.5, 0.6) is 0 Å². The molecular weight excluding hydrogens is 358 g/mol. The standard InChI is InChI=1S/C13H13Br2N3/c1-9-3-2-4-17-12(9)7-16-8-13-11(15)5-10(14)6-18-13/h2-6,16H,7-8H2,1H3. The second-order valence-corrected chi connectivity index (χ2v) is 5.72. The molecule has 0 amide bonds. The van der Waals surface area contributed by atoms with Crippen LogP contribution in [-0.2, 0) is 13.1 Å². The van der Waals surface area contributed by atoms with Gasteiger partial charge in [-0.25, -0.2) is 0 Å². The summed E-state index contributed by atoms with van der Waals surface area (Å²) in [6.45, 7) is 3.53. The zero-order chi connectivity index (χ0) is 13.0. The fourth-order valence-electron chi connectivity index (χ4n) is 1.58. The van der Waals surface area contributed by atoms with Crippen molar-refractivity contribution in [1.29, 1.82) is 0 Å². The van der Waals surface area contributed by atoms with Crippen LogP contribution in [0.3, 0.4) is 0 Å². The van der Waals surface area contributed by atoms with E-state index in [1.807, 2.05) is 18.3 Å². The summed E-state index contributed by atoms with van der Waals surface area (Å²) in [5, 5.41) is 3.35. The number of rotatable bonds is 4. The van der Waals surface area contributed by atoms with Gasteiger partial charge in [0.1, 0.15) is 0 Å². The maximum absolute atomic E-state index is 4.35. The second-order valence-electron chi connectivity index (χ2n) is 3.95. The van der Waals surface area contributed by atoms with Gasteiger partial charge in [0.2, 0.25) is 0 Å². The number of halogens is 2. The molecule has 3 nitrogen and oxygen atoms in total. The molecule has 0 fully saturated rings. The molecule has 0 atom stereocenters. The molecule has 0 aliphatic heterocycles. The van der Waals surface area contributed by atoms with Crippen molar-refractivity contribution in [1.82, 2.24) is 15.3 Å². The predicted octanol–water partition coefficient (Wildman–Crippen LogP) is 3.60. The predicted molar refractivity (Wildman–Crippen MR) is 79.2 cm³/mol. The van der Waals surface area contributed by atoms with Crippen LogP contribution < -0.4 is 5.32 Å². The molecule has 5 heteroatoms. The molecule has 1 N–H and O–H groups in total. The molecule has 94 valence electrons. The van der Waals surface area contributed by atoms with Gasteiger partial charge >= 0.3 is 0 Å². The monoisotopic (exact) mass is 369 g/mol. The van der Waals surface area contributed by atoms with Crippen LogP contribution in [0.1, 0.15) is 17.0 Å². The Labute approximate surface area is 123 Å². The molecule has 0 unspecified atom stereocenters. The molecule has 0 aliphatic carbocycles. The van der Waals surface area contributed by atoms with E-state index in [1.54, 1.807) is 6.20 Å². The molecule has 2 rings (SSSR count). The lowest BCUT2D eigenvalue weighted by atomic mass is 10.2. The summed E-state index contributed by atoms with van der Waals surface area (Å²) >= 11 is 6.89. The van der Waals surface area contributed by atoms with Crippen molar-refractivity contribution in [2.24, 2.45) is 0 Å². The highest BCUT2D eigenvalue weighted by Gasteiger charge is 2.03. The highest BCUT2D eigenvalue weighted by atomic mass is 79.9. The topological polar surface area (TPSA) is 37.8 Å². The lowest BCUT2D eigenvalue weighted by Gasteiger charge is -2.07. The van der Waals surface area contributed by atoms with E-state index >= 15 is 0 Å². The average Bonchev–Trinajstić information content (AvgIpc) is 2.34. The van der Waals surface area contributed by atoms with Crippen molar-refractivity contribution in [3.05, 3.63) is 56.5 Å². The Hall–Kier alpha value is -0.780. The lowest BCUT2D eigenvalue weighted by molar-refractivity contribution is 0.662. The summed E-state index contributed by atoms with van der Waals surface area (Å²) in [6, 6.07) is 6.01. The summed E-state index contributed by atoms with van der Waals surface area (Å²) < 4.78 is 1.97. The summed E-state index contributed by atoms with van der Waals surface area (Å²) in [5.74, 6) is 0. The Kier molecular flexibility index (Phi) is 4.86. The van der Waals surface area contributed by atoms with Gasteiger partial charge in [0.15, 0.2) is 0 Å². The zero-order valence-electron chi connectivity index (χ0n) is 9.95. The number of nitrogens with zero attached hydrogens (tertiary/aromatic N) is 2. The third kappa shape index (κ3) is 3.60. The molecular formula is C13H13Br2N3. The minimum absolute atomic E-state index is 0.712. The van der Waals surface area contributed by atoms with Crippen LogP contribution in [-0.4, -0.2) is 9.97 Å². The average molecular weight is 371 g/mol. The smallest absolute Gasteiger partial charge is 0.0684 e.